The molecule has 7 heteroatoms. The molecule has 0 heterocycles. The topological polar surface area (TPSA) is 60.4 Å². The Balaban J connectivity index is 1.91. The van der Waals surface area contributed by atoms with E-state index in [2.05, 4.69) is 5.16 Å². The largest absolute Gasteiger partial charge is 0.493 e. The van der Waals surface area contributed by atoms with E-state index in [9.17, 15) is 4.79 Å². The molecule has 144 valence electrons. The first-order valence-electron chi connectivity index (χ1n) is 8.97. The molecule has 1 aliphatic carbocycles. The Bertz CT molecular complexity index is 630. The van der Waals surface area contributed by atoms with Gasteiger partial charge >= 0.3 is 0 Å². The summed E-state index contributed by atoms with van der Waals surface area (Å²) in [5.41, 5.74) is 0.694. The van der Waals surface area contributed by atoms with Crippen LogP contribution in [0.2, 0.25) is 5.02 Å². The summed E-state index contributed by atoms with van der Waals surface area (Å²) in [5.74, 6) is 0.947. The zero-order valence-corrected chi connectivity index (χ0v) is 16.4. The van der Waals surface area contributed by atoms with E-state index in [1.807, 2.05) is 11.8 Å². The molecule has 0 N–H and O–H groups in total. The lowest BCUT2D eigenvalue weighted by Crippen LogP contribution is -2.42. The summed E-state index contributed by atoms with van der Waals surface area (Å²) < 4.78 is 10.4. The second-order valence-corrected chi connectivity index (χ2v) is 6.62. The van der Waals surface area contributed by atoms with E-state index in [1.54, 1.807) is 12.1 Å². The van der Waals surface area contributed by atoms with Crippen LogP contribution in [0.5, 0.6) is 11.5 Å². The number of ether oxygens (including phenoxy) is 2. The standard InChI is InChI=1S/C19H27ClN2O4/c1-4-22(15-8-6-5-7-9-15)18(23)13-26-21-12-14-10-16(20)19(25-3)17(11-14)24-2/h10-12,15H,4-9,13H2,1-3H3/b21-12+. The quantitative estimate of drug-likeness (QED) is 0.505. The lowest BCUT2D eigenvalue weighted by Gasteiger charge is -2.33. The summed E-state index contributed by atoms with van der Waals surface area (Å²) in [7, 11) is 3.06. The van der Waals surface area contributed by atoms with Crippen molar-refractivity contribution in [3.05, 3.63) is 22.7 Å². The van der Waals surface area contributed by atoms with Crippen LogP contribution in [0, 0.1) is 0 Å². The minimum Gasteiger partial charge on any atom is -0.493 e. The number of rotatable bonds is 8. The van der Waals surface area contributed by atoms with E-state index in [0.717, 1.165) is 12.8 Å². The fourth-order valence-electron chi connectivity index (χ4n) is 3.32. The van der Waals surface area contributed by atoms with Gasteiger partial charge in [0, 0.05) is 18.2 Å². The van der Waals surface area contributed by atoms with Crippen molar-refractivity contribution in [3.63, 3.8) is 0 Å². The van der Waals surface area contributed by atoms with Crippen LogP contribution in [0.3, 0.4) is 0 Å². The summed E-state index contributed by atoms with van der Waals surface area (Å²) in [6.45, 7) is 2.63. The molecule has 6 nitrogen and oxygen atoms in total. The average molecular weight is 383 g/mol. The molecular weight excluding hydrogens is 356 g/mol. The summed E-state index contributed by atoms with van der Waals surface area (Å²) >= 11 is 6.15. The van der Waals surface area contributed by atoms with Gasteiger partial charge in [-0.3, -0.25) is 4.79 Å². The van der Waals surface area contributed by atoms with Crippen molar-refractivity contribution in [2.75, 3.05) is 27.4 Å². The first kappa shape index (κ1) is 20.4. The maximum absolute atomic E-state index is 12.4. The number of carbonyl (C=O) groups excluding carboxylic acids is 1. The van der Waals surface area contributed by atoms with E-state index in [-0.39, 0.29) is 12.5 Å². The third-order valence-electron chi connectivity index (χ3n) is 4.60. The van der Waals surface area contributed by atoms with Crippen LogP contribution in [0.25, 0.3) is 0 Å². The van der Waals surface area contributed by atoms with E-state index in [0.29, 0.717) is 34.7 Å². The monoisotopic (exact) mass is 382 g/mol. The van der Waals surface area contributed by atoms with Crippen molar-refractivity contribution >= 4 is 23.7 Å². The minimum atomic E-state index is -0.0676. The van der Waals surface area contributed by atoms with Crippen molar-refractivity contribution < 1.29 is 19.1 Å². The minimum absolute atomic E-state index is 0.0260. The lowest BCUT2D eigenvalue weighted by molar-refractivity contribution is -0.138. The summed E-state index contributed by atoms with van der Waals surface area (Å²) in [6.07, 6.45) is 7.29. The van der Waals surface area contributed by atoms with Gasteiger partial charge in [0.25, 0.3) is 5.91 Å². The Labute approximate surface area is 160 Å². The Morgan fingerprint density at radius 1 is 1.27 bits per heavy atom. The molecule has 2 rings (SSSR count). The number of oxime groups is 1. The van der Waals surface area contributed by atoms with Gasteiger partial charge in [-0.1, -0.05) is 36.0 Å². The molecule has 0 unspecified atom stereocenters. The molecule has 0 radical (unpaired) electrons. The summed E-state index contributed by atoms with van der Waals surface area (Å²) in [4.78, 5) is 19.5. The number of nitrogens with zero attached hydrogens (tertiary/aromatic N) is 2. The zero-order valence-electron chi connectivity index (χ0n) is 15.7. The maximum atomic E-state index is 12.4. The molecule has 0 saturated heterocycles. The highest BCUT2D eigenvalue weighted by molar-refractivity contribution is 6.32. The third kappa shape index (κ3) is 5.27. The smallest absolute Gasteiger partial charge is 0.263 e. The van der Waals surface area contributed by atoms with E-state index in [1.165, 1.54) is 39.7 Å². The molecule has 1 amide bonds. The second-order valence-electron chi connectivity index (χ2n) is 6.22. The van der Waals surface area contributed by atoms with Crippen LogP contribution in [0.4, 0.5) is 0 Å². The van der Waals surface area contributed by atoms with Crippen LogP contribution in [0.15, 0.2) is 17.3 Å². The molecule has 0 aliphatic heterocycles. The first-order valence-corrected chi connectivity index (χ1v) is 9.34. The fraction of sp³-hybridized carbons (Fsp3) is 0.579. The zero-order chi connectivity index (χ0) is 18.9. The fourth-order valence-corrected chi connectivity index (χ4v) is 3.61. The average Bonchev–Trinajstić information content (AvgIpc) is 2.66. The van der Waals surface area contributed by atoms with Gasteiger partial charge in [0.05, 0.1) is 25.5 Å². The first-order chi connectivity index (χ1) is 12.6. The van der Waals surface area contributed by atoms with Gasteiger partial charge < -0.3 is 19.2 Å². The Hall–Kier alpha value is -1.95. The van der Waals surface area contributed by atoms with Gasteiger partial charge in [-0.15, -0.1) is 0 Å². The van der Waals surface area contributed by atoms with Crippen LogP contribution < -0.4 is 9.47 Å². The molecule has 26 heavy (non-hydrogen) atoms. The molecule has 1 saturated carbocycles. The van der Waals surface area contributed by atoms with Gasteiger partial charge in [-0.2, -0.15) is 0 Å². The summed E-state index contributed by atoms with van der Waals surface area (Å²) in [6, 6.07) is 3.76. The molecular formula is C19H27ClN2O4. The van der Waals surface area contributed by atoms with E-state index >= 15 is 0 Å². The third-order valence-corrected chi connectivity index (χ3v) is 4.88. The molecule has 0 bridgehead atoms. The maximum Gasteiger partial charge on any atom is 0.263 e. The van der Waals surface area contributed by atoms with Crippen molar-refractivity contribution in [1.29, 1.82) is 0 Å². The van der Waals surface area contributed by atoms with Gasteiger partial charge in [-0.05, 0) is 31.9 Å². The van der Waals surface area contributed by atoms with Crippen LogP contribution >= 0.6 is 11.6 Å². The molecule has 1 fully saturated rings. The van der Waals surface area contributed by atoms with Crippen molar-refractivity contribution in [2.24, 2.45) is 5.16 Å². The van der Waals surface area contributed by atoms with Crippen molar-refractivity contribution in [3.8, 4) is 11.5 Å². The Morgan fingerprint density at radius 2 is 2.00 bits per heavy atom. The number of benzene rings is 1. The molecule has 1 aromatic rings. The lowest BCUT2D eigenvalue weighted by atomic mass is 9.94. The number of hydrogen-bond donors (Lipinski definition) is 0. The SMILES string of the molecule is CCN(C(=O)CO/N=C/c1cc(Cl)c(OC)c(OC)c1)C1CCCCC1. The van der Waals surface area contributed by atoms with Gasteiger partial charge in [0.15, 0.2) is 18.1 Å². The van der Waals surface area contributed by atoms with Gasteiger partial charge in [0.1, 0.15) is 0 Å². The highest BCUT2D eigenvalue weighted by Gasteiger charge is 2.24. The van der Waals surface area contributed by atoms with Crippen molar-refractivity contribution in [2.45, 2.75) is 45.1 Å². The Morgan fingerprint density at radius 3 is 2.62 bits per heavy atom. The Kier molecular flexibility index (Phi) is 8.04. The predicted molar refractivity (Wildman–Crippen MR) is 102 cm³/mol. The number of halogens is 1. The summed E-state index contributed by atoms with van der Waals surface area (Å²) in [5, 5.41) is 4.30. The number of amides is 1. The number of carbonyl (C=O) groups is 1. The van der Waals surface area contributed by atoms with Crippen LogP contribution in [-0.2, 0) is 9.63 Å². The molecule has 0 spiro atoms. The van der Waals surface area contributed by atoms with E-state index in [4.69, 9.17) is 25.9 Å². The van der Waals surface area contributed by atoms with Crippen LogP contribution in [-0.4, -0.2) is 50.4 Å². The molecule has 0 atom stereocenters. The molecule has 1 aromatic carbocycles. The second kappa shape index (κ2) is 10.3. The molecule has 0 aromatic heterocycles. The number of methoxy groups -OCH3 is 2. The van der Waals surface area contributed by atoms with E-state index < -0.39 is 0 Å². The van der Waals surface area contributed by atoms with Crippen LogP contribution in [0.1, 0.15) is 44.6 Å². The van der Waals surface area contributed by atoms with Gasteiger partial charge in [-0.25, -0.2) is 0 Å². The highest BCUT2D eigenvalue weighted by Crippen LogP contribution is 2.35. The van der Waals surface area contributed by atoms with Crippen molar-refractivity contribution in [1.82, 2.24) is 4.90 Å². The predicted octanol–water partition coefficient (Wildman–Crippen LogP) is 3.89. The number of likely N-dealkylation sites (N-methyl/N-ethyl adjacent to an activating group) is 1. The van der Waals surface area contributed by atoms with Gasteiger partial charge in [0.2, 0.25) is 0 Å². The normalized spacial score (nSPS) is 15.1. The molecule has 1 aliphatic rings. The number of hydrogen-bond acceptors (Lipinski definition) is 5. The highest BCUT2D eigenvalue weighted by atomic mass is 35.5.